The van der Waals surface area contributed by atoms with Crippen molar-refractivity contribution in [2.24, 2.45) is 11.8 Å². The molecule has 1 N–H and O–H groups in total. The first-order chi connectivity index (χ1) is 19.6. The smallest absolute Gasteiger partial charge is 0.282 e. The summed E-state index contributed by atoms with van der Waals surface area (Å²) in [6.07, 6.45) is 7.93. The SMILES string of the molecule is C[C@H]1CN(S(=O)(=O)c2ccc(N(C)C)cc2)CCCN(CC2CCCCC2)CCCN(S(=O)(=O)N2CCNCC2)C1. The van der Waals surface area contributed by atoms with Crippen LogP contribution < -0.4 is 10.2 Å². The zero-order valence-electron chi connectivity index (χ0n) is 25.4. The minimum absolute atomic E-state index is 0.152. The van der Waals surface area contributed by atoms with Crippen LogP contribution in [0.2, 0.25) is 0 Å². The number of piperazine rings is 1. The van der Waals surface area contributed by atoms with E-state index in [0.717, 1.165) is 38.2 Å². The molecule has 2 saturated heterocycles. The van der Waals surface area contributed by atoms with Crippen LogP contribution in [-0.4, -0.2) is 121 Å². The molecule has 1 atom stereocenters. The second kappa shape index (κ2) is 14.9. The number of nitrogens with one attached hydrogen (secondary N) is 1. The lowest BCUT2D eigenvalue weighted by atomic mass is 9.89. The fraction of sp³-hybridized carbons (Fsp3) is 0.793. The van der Waals surface area contributed by atoms with Crippen LogP contribution in [0.25, 0.3) is 0 Å². The lowest BCUT2D eigenvalue weighted by Gasteiger charge is -2.36. The van der Waals surface area contributed by atoms with Gasteiger partial charge in [-0.25, -0.2) is 8.42 Å². The molecule has 3 aliphatic rings. The van der Waals surface area contributed by atoms with Gasteiger partial charge >= 0.3 is 0 Å². The van der Waals surface area contributed by atoms with E-state index >= 15 is 0 Å². The van der Waals surface area contributed by atoms with Gasteiger partial charge in [0.05, 0.1) is 4.90 Å². The molecule has 41 heavy (non-hydrogen) atoms. The maximum atomic E-state index is 13.9. The van der Waals surface area contributed by atoms with Crippen molar-refractivity contribution in [3.05, 3.63) is 24.3 Å². The summed E-state index contributed by atoms with van der Waals surface area (Å²) in [7, 11) is -3.51. The second-order valence-electron chi connectivity index (χ2n) is 12.4. The van der Waals surface area contributed by atoms with Crippen molar-refractivity contribution in [1.82, 2.24) is 23.1 Å². The van der Waals surface area contributed by atoms with Gasteiger partial charge in [0, 0.05) is 78.7 Å². The van der Waals surface area contributed by atoms with Crippen molar-refractivity contribution in [3.8, 4) is 0 Å². The minimum atomic E-state index is -3.73. The molecule has 0 unspecified atom stereocenters. The van der Waals surface area contributed by atoms with Gasteiger partial charge in [-0.15, -0.1) is 0 Å². The second-order valence-corrected chi connectivity index (χ2v) is 16.2. The summed E-state index contributed by atoms with van der Waals surface area (Å²) in [6, 6.07) is 7.03. The van der Waals surface area contributed by atoms with E-state index in [-0.39, 0.29) is 17.4 Å². The van der Waals surface area contributed by atoms with Gasteiger partial charge in [0.2, 0.25) is 10.0 Å². The Hall–Kier alpha value is -1.28. The Morgan fingerprint density at radius 2 is 1.34 bits per heavy atom. The van der Waals surface area contributed by atoms with E-state index in [1.807, 2.05) is 38.1 Å². The standard InChI is InChI=1S/C29H52N6O4S2/c1-26-23-34(40(36,37)29-13-11-28(12-14-29)31(2)3)19-7-17-32(25-27-9-5-4-6-10-27)18-8-20-35(24-26)41(38,39)33-21-15-30-16-22-33/h11-14,26-27,30H,4-10,15-25H2,1-3H3/t26-/m0/s1. The Kier molecular flexibility index (Phi) is 11.9. The lowest BCUT2D eigenvalue weighted by Crippen LogP contribution is -2.53. The molecule has 0 bridgehead atoms. The molecule has 0 radical (unpaired) electrons. The lowest BCUT2D eigenvalue weighted by molar-refractivity contribution is 0.179. The first-order valence-corrected chi connectivity index (χ1v) is 18.4. The van der Waals surface area contributed by atoms with Crippen LogP contribution in [-0.2, 0) is 20.2 Å². The summed E-state index contributed by atoms with van der Waals surface area (Å²) in [5, 5.41) is 3.24. The van der Waals surface area contributed by atoms with Crippen molar-refractivity contribution in [1.29, 1.82) is 0 Å². The first kappa shape index (κ1) is 32.6. The van der Waals surface area contributed by atoms with Crippen LogP contribution in [0.5, 0.6) is 0 Å². The van der Waals surface area contributed by atoms with Gasteiger partial charge < -0.3 is 15.1 Å². The summed E-state index contributed by atoms with van der Waals surface area (Å²) < 4.78 is 60.1. The molecule has 1 aliphatic carbocycles. The maximum absolute atomic E-state index is 13.9. The molecule has 12 heteroatoms. The van der Waals surface area contributed by atoms with E-state index in [9.17, 15) is 16.8 Å². The molecule has 1 aromatic rings. The Morgan fingerprint density at radius 1 is 0.756 bits per heavy atom. The Labute approximate surface area is 249 Å². The van der Waals surface area contributed by atoms with Crippen molar-refractivity contribution in [2.45, 2.75) is 56.8 Å². The van der Waals surface area contributed by atoms with Gasteiger partial charge in [0.1, 0.15) is 0 Å². The maximum Gasteiger partial charge on any atom is 0.282 e. The summed E-state index contributed by atoms with van der Waals surface area (Å²) in [6.45, 7) is 8.33. The quantitative estimate of drug-likeness (QED) is 0.506. The number of rotatable bonds is 7. The van der Waals surface area contributed by atoms with Crippen LogP contribution >= 0.6 is 0 Å². The highest BCUT2D eigenvalue weighted by molar-refractivity contribution is 7.89. The largest absolute Gasteiger partial charge is 0.378 e. The average molecular weight is 613 g/mol. The summed E-state index contributed by atoms with van der Waals surface area (Å²) >= 11 is 0. The van der Waals surface area contributed by atoms with Crippen molar-refractivity contribution < 1.29 is 16.8 Å². The summed E-state index contributed by atoms with van der Waals surface area (Å²) in [4.78, 5) is 4.70. The Bertz CT molecular complexity index is 1150. The Morgan fingerprint density at radius 3 is 1.95 bits per heavy atom. The molecule has 3 fully saturated rings. The topological polar surface area (TPSA) is 96.5 Å². The van der Waals surface area contributed by atoms with Crippen LogP contribution in [0, 0.1) is 11.8 Å². The van der Waals surface area contributed by atoms with Gasteiger partial charge in [-0.05, 0) is 74.9 Å². The minimum Gasteiger partial charge on any atom is -0.378 e. The molecule has 10 nitrogen and oxygen atoms in total. The van der Waals surface area contributed by atoms with Crippen LogP contribution in [0.1, 0.15) is 51.9 Å². The number of benzene rings is 1. The van der Waals surface area contributed by atoms with Gasteiger partial charge in [0.25, 0.3) is 10.2 Å². The van der Waals surface area contributed by atoms with Gasteiger partial charge in [-0.3, -0.25) is 0 Å². The zero-order chi connectivity index (χ0) is 29.5. The molecule has 0 spiro atoms. The zero-order valence-corrected chi connectivity index (χ0v) is 27.0. The van der Waals surface area contributed by atoms with Crippen LogP contribution in [0.3, 0.4) is 0 Å². The van der Waals surface area contributed by atoms with E-state index < -0.39 is 20.2 Å². The third-order valence-electron chi connectivity index (χ3n) is 8.75. The van der Waals surface area contributed by atoms with E-state index in [1.54, 1.807) is 25.0 Å². The predicted octanol–water partition coefficient (Wildman–Crippen LogP) is 2.51. The summed E-state index contributed by atoms with van der Waals surface area (Å²) in [5.41, 5.74) is 0.943. The van der Waals surface area contributed by atoms with Crippen molar-refractivity contribution in [2.75, 3.05) is 91.0 Å². The van der Waals surface area contributed by atoms with E-state index in [4.69, 9.17) is 0 Å². The number of sulfonamides is 1. The molecular formula is C29H52N6O4S2. The van der Waals surface area contributed by atoms with Crippen LogP contribution in [0.15, 0.2) is 29.2 Å². The molecule has 0 aromatic heterocycles. The fourth-order valence-electron chi connectivity index (χ4n) is 6.44. The first-order valence-electron chi connectivity index (χ1n) is 15.5. The third kappa shape index (κ3) is 8.87. The van der Waals surface area contributed by atoms with Gasteiger partial charge in [0.15, 0.2) is 0 Å². The monoisotopic (exact) mass is 612 g/mol. The fourth-order valence-corrected chi connectivity index (χ4v) is 9.81. The molecule has 1 aromatic carbocycles. The highest BCUT2D eigenvalue weighted by Crippen LogP contribution is 2.26. The highest BCUT2D eigenvalue weighted by Gasteiger charge is 2.34. The number of nitrogens with zero attached hydrogens (tertiary/aromatic N) is 5. The van der Waals surface area contributed by atoms with Crippen LogP contribution in [0.4, 0.5) is 5.69 Å². The number of hydrogen-bond donors (Lipinski definition) is 1. The molecule has 0 amide bonds. The van der Waals surface area contributed by atoms with Gasteiger partial charge in [-0.2, -0.15) is 21.3 Å². The predicted molar refractivity (Wildman–Crippen MR) is 166 cm³/mol. The normalized spacial score (nSPS) is 24.9. The number of hydrogen-bond acceptors (Lipinski definition) is 7. The molecule has 1 saturated carbocycles. The van der Waals surface area contributed by atoms with Gasteiger partial charge in [-0.1, -0.05) is 26.2 Å². The average Bonchev–Trinajstić information content (AvgIpc) is 2.96. The highest BCUT2D eigenvalue weighted by atomic mass is 32.2. The van der Waals surface area contributed by atoms with E-state index in [1.165, 1.54) is 32.1 Å². The molecule has 4 rings (SSSR count). The molecular weight excluding hydrogens is 560 g/mol. The molecule has 234 valence electrons. The summed E-state index contributed by atoms with van der Waals surface area (Å²) in [5.74, 6) is 0.522. The molecule has 2 heterocycles. The molecule has 2 aliphatic heterocycles. The van der Waals surface area contributed by atoms with E-state index in [0.29, 0.717) is 51.7 Å². The van der Waals surface area contributed by atoms with Crippen molar-refractivity contribution >= 4 is 25.9 Å². The third-order valence-corrected chi connectivity index (χ3v) is 12.6. The number of anilines is 1. The van der Waals surface area contributed by atoms with E-state index in [2.05, 4.69) is 10.2 Å². The van der Waals surface area contributed by atoms with Crippen molar-refractivity contribution in [3.63, 3.8) is 0 Å². The Balaban J connectivity index is 1.56.